The largest absolute Gasteiger partial charge is 0.489 e. The highest BCUT2D eigenvalue weighted by atomic mass is 127. The number of thiophene rings is 1. The maximum absolute atomic E-state index is 9.18. The zero-order chi connectivity index (χ0) is 10.3. The number of benzene rings is 1. The summed E-state index contributed by atoms with van der Waals surface area (Å²) in [5, 5.41) is 19.5. The minimum atomic E-state index is -1.39. The number of halogens is 2. The van der Waals surface area contributed by atoms with Gasteiger partial charge < -0.3 is 10.0 Å². The van der Waals surface area contributed by atoms with Crippen molar-refractivity contribution >= 4 is 79.2 Å². The molecule has 0 amide bonds. The van der Waals surface area contributed by atoms with Crippen molar-refractivity contribution in [2.45, 2.75) is 0 Å². The van der Waals surface area contributed by atoms with E-state index in [1.165, 1.54) is 0 Å². The van der Waals surface area contributed by atoms with Gasteiger partial charge in [-0.05, 0) is 62.8 Å². The normalized spacial score (nSPS) is 10.9. The van der Waals surface area contributed by atoms with E-state index < -0.39 is 7.12 Å². The average Bonchev–Trinajstić information content (AvgIpc) is 2.47. The quantitative estimate of drug-likeness (QED) is 0.536. The van der Waals surface area contributed by atoms with E-state index >= 15 is 0 Å². The number of rotatable bonds is 1. The molecule has 2 aromatic rings. The lowest BCUT2D eigenvalue weighted by molar-refractivity contribution is 0.426. The number of hydrogen-bond donors (Lipinski definition) is 2. The summed E-state index contributed by atoms with van der Waals surface area (Å²) in [5.74, 6) is 0. The van der Waals surface area contributed by atoms with E-state index in [2.05, 4.69) is 51.2 Å². The molecule has 0 fully saturated rings. The Labute approximate surface area is 113 Å². The molecular weight excluding hydrogens is 425 g/mol. The van der Waals surface area contributed by atoms with Gasteiger partial charge >= 0.3 is 7.12 Å². The van der Waals surface area contributed by atoms with Gasteiger partial charge in [-0.15, -0.1) is 11.3 Å². The zero-order valence-electron chi connectivity index (χ0n) is 6.87. The average molecular weight is 430 g/mol. The van der Waals surface area contributed by atoms with Crippen molar-refractivity contribution in [3.05, 3.63) is 24.7 Å². The summed E-state index contributed by atoms with van der Waals surface area (Å²) in [6.45, 7) is 0. The van der Waals surface area contributed by atoms with Crippen LogP contribution in [-0.2, 0) is 0 Å². The van der Waals surface area contributed by atoms with E-state index in [1.807, 2.05) is 6.07 Å². The topological polar surface area (TPSA) is 40.5 Å². The van der Waals surface area contributed by atoms with Gasteiger partial charge in [-0.25, -0.2) is 0 Å². The van der Waals surface area contributed by atoms with Gasteiger partial charge in [0.25, 0.3) is 0 Å². The molecule has 0 radical (unpaired) electrons. The second-order valence-corrected chi connectivity index (χ2v) is 6.91. The first-order valence-corrected chi connectivity index (χ1v) is 6.80. The minimum absolute atomic E-state index is 0.591. The standard InChI is InChI=1S/C8H5BI2O2S/c10-6-2-1-5(9(12)13)8-4(6)3-7(11)14-8/h1-3,12-13H. The lowest BCUT2D eigenvalue weighted by Crippen LogP contribution is -2.29. The summed E-state index contributed by atoms with van der Waals surface area (Å²) in [5.41, 5.74) is 0.591. The summed E-state index contributed by atoms with van der Waals surface area (Å²) in [6, 6.07) is 5.73. The Morgan fingerprint density at radius 1 is 1.21 bits per heavy atom. The Balaban J connectivity index is 2.81. The molecule has 2 nitrogen and oxygen atoms in total. The number of fused-ring (bicyclic) bond motifs is 1. The Bertz CT molecular complexity index is 483. The van der Waals surface area contributed by atoms with Crippen LogP contribution in [0.25, 0.3) is 10.1 Å². The molecular formula is C8H5BI2O2S. The van der Waals surface area contributed by atoms with E-state index in [9.17, 15) is 10.0 Å². The first-order chi connectivity index (χ1) is 6.59. The van der Waals surface area contributed by atoms with Crippen LogP contribution in [0, 0.1) is 6.45 Å². The van der Waals surface area contributed by atoms with Gasteiger partial charge in [0.15, 0.2) is 0 Å². The molecule has 72 valence electrons. The van der Waals surface area contributed by atoms with E-state index in [4.69, 9.17) is 0 Å². The molecule has 6 heteroatoms. The summed E-state index contributed by atoms with van der Waals surface area (Å²) < 4.78 is 3.26. The van der Waals surface area contributed by atoms with Crippen molar-refractivity contribution in [2.24, 2.45) is 0 Å². The lowest BCUT2D eigenvalue weighted by Gasteiger charge is -2.01. The number of hydrogen-bond acceptors (Lipinski definition) is 3. The highest BCUT2D eigenvalue weighted by Gasteiger charge is 2.17. The van der Waals surface area contributed by atoms with Crippen LogP contribution >= 0.6 is 56.5 Å². The summed E-state index contributed by atoms with van der Waals surface area (Å²) in [6.07, 6.45) is 0. The maximum Gasteiger partial charge on any atom is 0.489 e. The second kappa shape index (κ2) is 4.24. The lowest BCUT2D eigenvalue weighted by atomic mass is 9.80. The van der Waals surface area contributed by atoms with Crippen molar-refractivity contribution in [1.82, 2.24) is 0 Å². The first kappa shape index (κ1) is 11.1. The third kappa shape index (κ3) is 1.94. The predicted molar refractivity (Wildman–Crippen MR) is 77.1 cm³/mol. The molecule has 0 bridgehead atoms. The Morgan fingerprint density at radius 2 is 1.93 bits per heavy atom. The molecule has 1 heterocycles. The van der Waals surface area contributed by atoms with Crippen molar-refractivity contribution in [1.29, 1.82) is 0 Å². The molecule has 14 heavy (non-hydrogen) atoms. The van der Waals surface area contributed by atoms with Crippen LogP contribution in [0.4, 0.5) is 0 Å². The van der Waals surface area contributed by atoms with Gasteiger partial charge in [-0.1, -0.05) is 6.07 Å². The molecule has 2 rings (SSSR count). The van der Waals surface area contributed by atoms with Crippen LogP contribution < -0.4 is 5.46 Å². The Hall–Kier alpha value is 0.625. The molecule has 1 aromatic heterocycles. The maximum atomic E-state index is 9.18. The second-order valence-electron chi connectivity index (χ2n) is 2.80. The van der Waals surface area contributed by atoms with Crippen LogP contribution in [-0.4, -0.2) is 17.2 Å². The van der Waals surface area contributed by atoms with Gasteiger partial charge in [0.1, 0.15) is 0 Å². The van der Waals surface area contributed by atoms with E-state index in [-0.39, 0.29) is 0 Å². The molecule has 0 aliphatic carbocycles. The molecule has 0 aliphatic rings. The van der Waals surface area contributed by atoms with Crippen molar-refractivity contribution in [2.75, 3.05) is 0 Å². The zero-order valence-corrected chi connectivity index (χ0v) is 12.0. The fraction of sp³-hybridized carbons (Fsp3) is 0. The van der Waals surface area contributed by atoms with Crippen LogP contribution in [0.15, 0.2) is 18.2 Å². The monoisotopic (exact) mass is 430 g/mol. The van der Waals surface area contributed by atoms with Crippen molar-refractivity contribution < 1.29 is 10.0 Å². The molecule has 0 atom stereocenters. The van der Waals surface area contributed by atoms with Gasteiger partial charge in [-0.3, -0.25) is 0 Å². The van der Waals surface area contributed by atoms with Gasteiger partial charge in [0.05, 0.1) is 2.88 Å². The third-order valence-corrected chi connectivity index (χ3v) is 4.79. The Morgan fingerprint density at radius 3 is 2.57 bits per heavy atom. The predicted octanol–water partition coefficient (Wildman–Crippen LogP) is 1.79. The molecule has 0 unspecified atom stereocenters. The van der Waals surface area contributed by atoms with Crippen LogP contribution in [0.1, 0.15) is 0 Å². The third-order valence-electron chi connectivity index (χ3n) is 1.91. The van der Waals surface area contributed by atoms with Crippen LogP contribution in [0.5, 0.6) is 0 Å². The van der Waals surface area contributed by atoms with Crippen molar-refractivity contribution in [3.63, 3.8) is 0 Å². The van der Waals surface area contributed by atoms with Gasteiger partial charge in [0.2, 0.25) is 0 Å². The van der Waals surface area contributed by atoms with E-state index in [1.54, 1.807) is 17.4 Å². The molecule has 2 N–H and O–H groups in total. The fourth-order valence-corrected chi connectivity index (χ4v) is 3.99. The highest BCUT2D eigenvalue weighted by Crippen LogP contribution is 2.29. The van der Waals surface area contributed by atoms with Gasteiger partial charge in [0, 0.05) is 13.7 Å². The molecule has 1 aromatic carbocycles. The minimum Gasteiger partial charge on any atom is -0.423 e. The van der Waals surface area contributed by atoms with Gasteiger partial charge in [-0.2, -0.15) is 0 Å². The molecule has 0 saturated carbocycles. The summed E-state index contributed by atoms with van der Waals surface area (Å²) >= 11 is 6.08. The smallest absolute Gasteiger partial charge is 0.423 e. The summed E-state index contributed by atoms with van der Waals surface area (Å²) in [7, 11) is -1.39. The molecule has 0 spiro atoms. The van der Waals surface area contributed by atoms with E-state index in [0.29, 0.717) is 5.46 Å². The van der Waals surface area contributed by atoms with E-state index in [0.717, 1.165) is 16.5 Å². The fourth-order valence-electron chi connectivity index (χ4n) is 1.28. The SMILES string of the molecule is OB(O)c1ccc(I)c2cc(I)sc12. The molecule has 0 saturated heterocycles. The van der Waals surface area contributed by atoms with Crippen LogP contribution in [0.2, 0.25) is 0 Å². The first-order valence-electron chi connectivity index (χ1n) is 3.83. The highest BCUT2D eigenvalue weighted by molar-refractivity contribution is 14.1. The Kier molecular flexibility index (Phi) is 3.37. The van der Waals surface area contributed by atoms with Crippen molar-refractivity contribution in [3.8, 4) is 0 Å². The summed E-state index contributed by atoms with van der Waals surface area (Å²) in [4.78, 5) is 0. The van der Waals surface area contributed by atoms with Crippen LogP contribution in [0.3, 0.4) is 0 Å². The molecule has 0 aliphatic heterocycles.